The summed E-state index contributed by atoms with van der Waals surface area (Å²) in [5, 5.41) is 3.99. The Labute approximate surface area is 145 Å². The summed E-state index contributed by atoms with van der Waals surface area (Å²) >= 11 is 0. The van der Waals surface area contributed by atoms with Crippen LogP contribution in [0.2, 0.25) is 0 Å². The van der Waals surface area contributed by atoms with E-state index in [4.69, 9.17) is 0 Å². The predicted octanol–water partition coefficient (Wildman–Crippen LogP) is 2.69. The molecule has 1 aliphatic rings. The van der Waals surface area contributed by atoms with Crippen LogP contribution < -0.4 is 10.9 Å². The van der Waals surface area contributed by atoms with Crippen molar-refractivity contribution in [2.24, 2.45) is 0 Å². The van der Waals surface area contributed by atoms with Crippen molar-refractivity contribution in [2.45, 2.75) is 31.7 Å². The number of hydrazine groups is 1. The van der Waals surface area contributed by atoms with Gasteiger partial charge in [0.2, 0.25) is 0 Å². The molecule has 1 saturated carbocycles. The largest absolute Gasteiger partial charge is 0.416 e. The Morgan fingerprint density at radius 1 is 1.31 bits per heavy atom. The van der Waals surface area contributed by atoms with Crippen LogP contribution in [0.5, 0.6) is 0 Å². The van der Waals surface area contributed by atoms with E-state index in [-0.39, 0.29) is 17.0 Å². The van der Waals surface area contributed by atoms with E-state index in [9.17, 15) is 22.4 Å². The monoisotopic (exact) mass is 369 g/mol. The van der Waals surface area contributed by atoms with E-state index in [1.807, 2.05) is 0 Å². The molecule has 0 aliphatic heterocycles. The molecule has 0 unspecified atom stereocenters. The summed E-state index contributed by atoms with van der Waals surface area (Å²) in [6, 6.07) is 3.16. The number of amides is 1. The van der Waals surface area contributed by atoms with Crippen molar-refractivity contribution in [1.29, 1.82) is 0 Å². The van der Waals surface area contributed by atoms with Crippen molar-refractivity contribution < 1.29 is 22.4 Å². The first kappa shape index (κ1) is 18.1. The molecule has 1 aliphatic carbocycles. The van der Waals surface area contributed by atoms with Gasteiger partial charge in [0.15, 0.2) is 5.82 Å². The van der Waals surface area contributed by atoms with Gasteiger partial charge in [-0.2, -0.15) is 13.2 Å². The highest BCUT2D eigenvalue weighted by Crippen LogP contribution is 2.32. The summed E-state index contributed by atoms with van der Waals surface area (Å²) in [6.45, 7) is -1.04. The molecule has 0 bridgehead atoms. The Hall–Kier alpha value is -2.75. The number of hydrogen-bond donors (Lipinski definition) is 2. The zero-order chi connectivity index (χ0) is 18.7. The number of hydrogen-bond acceptors (Lipinski definition) is 4. The summed E-state index contributed by atoms with van der Waals surface area (Å²) < 4.78 is 52.8. The van der Waals surface area contributed by atoms with E-state index < -0.39 is 24.3 Å². The minimum absolute atomic E-state index is 0.00744. The maximum absolute atomic E-state index is 12.9. The number of aromatic nitrogens is 3. The number of halogens is 4. The first-order chi connectivity index (χ1) is 12.3. The molecule has 10 heteroatoms. The smallest absolute Gasteiger partial charge is 0.288 e. The Morgan fingerprint density at radius 3 is 2.73 bits per heavy atom. The van der Waals surface area contributed by atoms with Crippen LogP contribution in [0.4, 0.5) is 17.6 Å². The lowest BCUT2D eigenvalue weighted by Crippen LogP contribution is -2.37. The van der Waals surface area contributed by atoms with Gasteiger partial charge in [-0.1, -0.05) is 0 Å². The zero-order valence-electron chi connectivity index (χ0n) is 13.4. The molecule has 6 nitrogen and oxygen atoms in total. The van der Waals surface area contributed by atoms with Crippen LogP contribution in [0.1, 0.15) is 24.0 Å². The third-order valence-corrected chi connectivity index (χ3v) is 3.60. The van der Waals surface area contributed by atoms with Gasteiger partial charge in [0, 0.05) is 23.9 Å². The molecular weight excluding hydrogens is 354 g/mol. The average Bonchev–Trinajstić information content (AvgIpc) is 3.32. The van der Waals surface area contributed by atoms with Crippen molar-refractivity contribution in [3.8, 4) is 11.4 Å². The van der Waals surface area contributed by atoms with E-state index >= 15 is 0 Å². The summed E-state index contributed by atoms with van der Waals surface area (Å²) in [6.07, 6.45) is 1.16. The molecule has 1 heterocycles. The van der Waals surface area contributed by atoms with E-state index in [0.29, 0.717) is 6.04 Å². The van der Waals surface area contributed by atoms with E-state index in [2.05, 4.69) is 20.9 Å². The van der Waals surface area contributed by atoms with Crippen LogP contribution in [0, 0.1) is 0 Å². The van der Waals surface area contributed by atoms with E-state index in [1.54, 1.807) is 0 Å². The second-order valence-electron chi connectivity index (χ2n) is 5.82. The lowest BCUT2D eigenvalue weighted by atomic mass is 10.1. The van der Waals surface area contributed by atoms with Crippen molar-refractivity contribution in [2.75, 3.05) is 0 Å². The fraction of sp³-hybridized carbons (Fsp3) is 0.312. The van der Waals surface area contributed by atoms with E-state index in [0.717, 1.165) is 25.0 Å². The molecule has 2 aromatic rings. The summed E-state index contributed by atoms with van der Waals surface area (Å²) in [5.41, 5.74) is 4.26. The second-order valence-corrected chi connectivity index (χ2v) is 5.82. The quantitative estimate of drug-likeness (QED) is 0.467. The number of carbonyl (C=O) groups is 1. The lowest BCUT2D eigenvalue weighted by molar-refractivity contribution is -0.137. The topological polar surface area (TPSA) is 71.8 Å². The Morgan fingerprint density at radius 2 is 2.08 bits per heavy atom. The van der Waals surface area contributed by atoms with Gasteiger partial charge in [0.1, 0.15) is 13.0 Å². The average molecular weight is 369 g/mol. The normalized spacial score (nSPS) is 14.8. The van der Waals surface area contributed by atoms with Gasteiger partial charge >= 0.3 is 6.18 Å². The molecule has 1 amide bonds. The fourth-order valence-corrected chi connectivity index (χ4v) is 2.13. The number of nitrogens with zero attached hydrogens (tertiary/aromatic N) is 3. The van der Waals surface area contributed by atoms with Crippen molar-refractivity contribution in [3.05, 3.63) is 41.7 Å². The Bertz CT molecular complexity index is 826. The minimum atomic E-state index is -4.60. The number of rotatable bonds is 6. The molecule has 2 N–H and O–H groups in total. The highest BCUT2D eigenvalue weighted by molar-refractivity contribution is 5.89. The first-order valence-corrected chi connectivity index (χ1v) is 7.77. The number of carbonyl (C=O) groups excluding carboxylic acids is 1. The highest BCUT2D eigenvalue weighted by atomic mass is 19.4. The van der Waals surface area contributed by atoms with Gasteiger partial charge in [-0.05, 0) is 36.6 Å². The van der Waals surface area contributed by atoms with Gasteiger partial charge in [-0.3, -0.25) is 10.2 Å². The zero-order valence-corrected chi connectivity index (χ0v) is 13.4. The number of nitrogens with one attached hydrogen (secondary N) is 2. The summed E-state index contributed by atoms with van der Waals surface area (Å²) in [7, 11) is 0. The van der Waals surface area contributed by atoms with Crippen LogP contribution in [0.25, 0.3) is 17.6 Å². The molecule has 0 atom stereocenters. The van der Waals surface area contributed by atoms with Crippen LogP contribution >= 0.6 is 0 Å². The van der Waals surface area contributed by atoms with Crippen molar-refractivity contribution in [1.82, 2.24) is 25.6 Å². The SMILES string of the molecule is O=C(/C=C\n1cnc(-c2cc(CF)cc(C(F)(F)F)c2)n1)NNC1CC1. The summed E-state index contributed by atoms with van der Waals surface area (Å²) in [4.78, 5) is 15.5. The second kappa shape index (κ2) is 7.24. The molecule has 0 radical (unpaired) electrons. The summed E-state index contributed by atoms with van der Waals surface area (Å²) in [5.74, 6) is -0.403. The molecule has 1 aromatic carbocycles. The fourth-order valence-electron chi connectivity index (χ4n) is 2.13. The molecule has 26 heavy (non-hydrogen) atoms. The van der Waals surface area contributed by atoms with Crippen LogP contribution in [0.3, 0.4) is 0 Å². The lowest BCUT2D eigenvalue weighted by Gasteiger charge is -2.09. The van der Waals surface area contributed by atoms with Crippen molar-refractivity contribution in [3.63, 3.8) is 0 Å². The third-order valence-electron chi connectivity index (χ3n) is 3.60. The van der Waals surface area contributed by atoms with Crippen LogP contribution in [-0.2, 0) is 17.6 Å². The molecule has 1 aromatic heterocycles. The maximum Gasteiger partial charge on any atom is 0.416 e. The molecule has 1 fully saturated rings. The number of alkyl halides is 4. The van der Waals surface area contributed by atoms with Crippen LogP contribution in [0.15, 0.2) is 30.6 Å². The van der Waals surface area contributed by atoms with Gasteiger partial charge in [-0.25, -0.2) is 19.5 Å². The molecule has 138 valence electrons. The Balaban J connectivity index is 1.75. The van der Waals surface area contributed by atoms with Gasteiger partial charge < -0.3 is 0 Å². The van der Waals surface area contributed by atoms with Gasteiger partial charge in [-0.15, -0.1) is 5.10 Å². The minimum Gasteiger partial charge on any atom is -0.288 e. The molecule has 3 rings (SSSR count). The molecule has 0 spiro atoms. The van der Waals surface area contributed by atoms with E-state index in [1.165, 1.54) is 29.4 Å². The van der Waals surface area contributed by atoms with Gasteiger partial charge in [0.25, 0.3) is 5.91 Å². The first-order valence-electron chi connectivity index (χ1n) is 7.77. The van der Waals surface area contributed by atoms with Crippen LogP contribution in [-0.4, -0.2) is 26.7 Å². The Kier molecular flexibility index (Phi) is 5.03. The van der Waals surface area contributed by atoms with Gasteiger partial charge in [0.05, 0.1) is 5.56 Å². The molecule has 0 saturated heterocycles. The predicted molar refractivity (Wildman–Crippen MR) is 84.9 cm³/mol. The standard InChI is InChI=1S/C16H15F4N5O/c17-8-10-5-11(7-12(6-10)16(18,19)20)15-21-9-25(24-15)4-3-14(26)23-22-13-1-2-13/h3-7,9,13,22H,1-2,8H2,(H,23,26)/b4-3-. The number of benzene rings is 1. The molecular formula is C16H15F4N5O. The maximum atomic E-state index is 12.9. The highest BCUT2D eigenvalue weighted by Gasteiger charge is 2.31. The van der Waals surface area contributed by atoms with Crippen molar-refractivity contribution >= 4 is 12.1 Å². The third kappa shape index (κ3) is 4.66.